The molecule has 0 fully saturated rings. The number of carbonyl (C=O) groups is 2. The Morgan fingerprint density at radius 1 is 1.13 bits per heavy atom. The highest BCUT2D eigenvalue weighted by Gasteiger charge is 2.23. The minimum absolute atomic E-state index is 0.0565. The Balaban J connectivity index is 1.78. The molecule has 1 aliphatic rings. The van der Waals surface area contributed by atoms with Crippen molar-refractivity contribution in [2.45, 2.75) is 47.2 Å². The number of rotatable bonds is 9. The average Bonchev–Trinajstić information content (AvgIpc) is 3.35. The molecule has 1 aliphatic heterocycles. The van der Waals surface area contributed by atoms with Crippen LogP contribution in [0.15, 0.2) is 29.6 Å². The van der Waals surface area contributed by atoms with E-state index < -0.39 is 0 Å². The summed E-state index contributed by atoms with van der Waals surface area (Å²) >= 11 is 1.65. The molecule has 0 radical (unpaired) electrons. The van der Waals surface area contributed by atoms with E-state index in [1.54, 1.807) is 16.2 Å². The molecular formula is C23H30N2O4S. The Hall–Kier alpha value is -2.54. The Bertz CT molecular complexity index is 895. The molecule has 2 amide bonds. The molecule has 1 aromatic heterocycles. The van der Waals surface area contributed by atoms with Gasteiger partial charge in [-0.05, 0) is 47.5 Å². The SMILES string of the molecule is CC[C@H](C)CN(CC(=O)N(Cc1ccc2c(c1)OCO2)Cc1sccc1C)C(C)=O. The van der Waals surface area contributed by atoms with Gasteiger partial charge in [-0.3, -0.25) is 9.59 Å². The molecule has 2 aromatic rings. The highest BCUT2D eigenvalue weighted by molar-refractivity contribution is 7.10. The van der Waals surface area contributed by atoms with Crippen molar-refractivity contribution in [3.63, 3.8) is 0 Å². The second-order valence-corrected chi connectivity index (χ2v) is 8.88. The minimum atomic E-state index is -0.0704. The van der Waals surface area contributed by atoms with Crippen LogP contribution < -0.4 is 9.47 Å². The van der Waals surface area contributed by atoms with Gasteiger partial charge in [-0.2, -0.15) is 0 Å². The van der Waals surface area contributed by atoms with Crippen LogP contribution in [0.3, 0.4) is 0 Å². The molecule has 7 heteroatoms. The maximum Gasteiger partial charge on any atom is 0.242 e. The van der Waals surface area contributed by atoms with Crippen molar-refractivity contribution in [3.8, 4) is 11.5 Å². The van der Waals surface area contributed by atoms with Gasteiger partial charge in [-0.1, -0.05) is 26.3 Å². The molecule has 1 atom stereocenters. The van der Waals surface area contributed by atoms with E-state index in [2.05, 4.69) is 26.8 Å². The van der Waals surface area contributed by atoms with Crippen LogP contribution in [0.25, 0.3) is 0 Å². The van der Waals surface area contributed by atoms with Gasteiger partial charge in [0.15, 0.2) is 11.5 Å². The first kappa shape index (κ1) is 22.2. The van der Waals surface area contributed by atoms with Gasteiger partial charge in [0, 0.05) is 24.9 Å². The van der Waals surface area contributed by atoms with E-state index >= 15 is 0 Å². The van der Waals surface area contributed by atoms with E-state index in [0.717, 1.165) is 22.6 Å². The predicted octanol–water partition coefficient (Wildman–Crippen LogP) is 4.21. The molecule has 1 aromatic carbocycles. The number of aryl methyl sites for hydroxylation is 1. The number of fused-ring (bicyclic) bond motifs is 1. The van der Waals surface area contributed by atoms with E-state index in [1.807, 2.05) is 28.5 Å². The summed E-state index contributed by atoms with van der Waals surface area (Å²) in [6.07, 6.45) is 0.966. The summed E-state index contributed by atoms with van der Waals surface area (Å²) < 4.78 is 10.9. The summed E-state index contributed by atoms with van der Waals surface area (Å²) in [6, 6.07) is 7.82. The molecule has 0 aliphatic carbocycles. The predicted molar refractivity (Wildman–Crippen MR) is 118 cm³/mol. The second-order valence-electron chi connectivity index (χ2n) is 7.88. The highest BCUT2D eigenvalue weighted by Crippen LogP contribution is 2.33. The van der Waals surface area contributed by atoms with Gasteiger partial charge in [-0.25, -0.2) is 0 Å². The Kier molecular flexibility index (Phi) is 7.37. The molecule has 0 saturated heterocycles. The van der Waals surface area contributed by atoms with Gasteiger partial charge in [0.1, 0.15) is 0 Å². The largest absolute Gasteiger partial charge is 0.454 e. The molecule has 0 N–H and O–H groups in total. The van der Waals surface area contributed by atoms with Crippen molar-refractivity contribution in [1.29, 1.82) is 0 Å². The first-order valence-electron chi connectivity index (χ1n) is 10.3. The number of hydrogen-bond acceptors (Lipinski definition) is 5. The Morgan fingerprint density at radius 3 is 2.57 bits per heavy atom. The summed E-state index contributed by atoms with van der Waals surface area (Å²) in [5, 5.41) is 2.04. The van der Waals surface area contributed by atoms with Crippen LogP contribution in [-0.4, -0.2) is 41.5 Å². The van der Waals surface area contributed by atoms with E-state index in [4.69, 9.17) is 9.47 Å². The molecule has 162 valence electrons. The van der Waals surface area contributed by atoms with Gasteiger partial charge in [0.25, 0.3) is 0 Å². The van der Waals surface area contributed by atoms with E-state index in [0.29, 0.717) is 31.3 Å². The van der Waals surface area contributed by atoms with Crippen molar-refractivity contribution in [1.82, 2.24) is 9.80 Å². The number of hydrogen-bond donors (Lipinski definition) is 0. The molecule has 0 saturated carbocycles. The van der Waals surface area contributed by atoms with Crippen LogP contribution in [-0.2, 0) is 22.7 Å². The molecule has 2 heterocycles. The number of benzene rings is 1. The normalized spacial score (nSPS) is 13.2. The summed E-state index contributed by atoms with van der Waals surface area (Å²) in [5.41, 5.74) is 2.14. The number of carbonyl (C=O) groups excluding carboxylic acids is 2. The van der Waals surface area contributed by atoms with Crippen molar-refractivity contribution in [2.24, 2.45) is 5.92 Å². The third kappa shape index (κ3) is 5.53. The number of thiophene rings is 1. The third-order valence-electron chi connectivity index (χ3n) is 5.47. The lowest BCUT2D eigenvalue weighted by atomic mass is 10.1. The van der Waals surface area contributed by atoms with Crippen molar-refractivity contribution in [2.75, 3.05) is 19.9 Å². The van der Waals surface area contributed by atoms with E-state index in [-0.39, 0.29) is 25.2 Å². The van der Waals surface area contributed by atoms with Crippen LogP contribution in [0.1, 0.15) is 43.2 Å². The van der Waals surface area contributed by atoms with Crippen molar-refractivity contribution < 1.29 is 19.1 Å². The van der Waals surface area contributed by atoms with Crippen LogP contribution in [0.2, 0.25) is 0 Å². The van der Waals surface area contributed by atoms with Crippen LogP contribution >= 0.6 is 11.3 Å². The van der Waals surface area contributed by atoms with E-state index in [9.17, 15) is 9.59 Å². The van der Waals surface area contributed by atoms with Crippen LogP contribution in [0, 0.1) is 12.8 Å². The molecular weight excluding hydrogens is 400 g/mol. The molecule has 6 nitrogen and oxygen atoms in total. The van der Waals surface area contributed by atoms with Gasteiger partial charge >= 0.3 is 0 Å². The number of ether oxygens (including phenoxy) is 2. The molecule has 0 bridgehead atoms. The first-order chi connectivity index (χ1) is 14.4. The lowest BCUT2D eigenvalue weighted by Crippen LogP contribution is -2.43. The summed E-state index contributed by atoms with van der Waals surface area (Å²) in [6.45, 7) is 9.64. The van der Waals surface area contributed by atoms with Crippen LogP contribution in [0.5, 0.6) is 11.5 Å². The van der Waals surface area contributed by atoms with E-state index in [1.165, 1.54) is 12.5 Å². The lowest BCUT2D eigenvalue weighted by Gasteiger charge is -2.28. The summed E-state index contributed by atoms with van der Waals surface area (Å²) in [4.78, 5) is 30.1. The smallest absolute Gasteiger partial charge is 0.242 e. The quantitative estimate of drug-likeness (QED) is 0.598. The third-order valence-corrected chi connectivity index (χ3v) is 6.47. The Labute approximate surface area is 182 Å². The fourth-order valence-electron chi connectivity index (χ4n) is 3.30. The molecule has 0 spiro atoms. The molecule has 0 unspecified atom stereocenters. The minimum Gasteiger partial charge on any atom is -0.454 e. The maximum absolute atomic E-state index is 13.3. The van der Waals surface area contributed by atoms with Crippen molar-refractivity contribution in [3.05, 3.63) is 45.6 Å². The Morgan fingerprint density at radius 2 is 1.90 bits per heavy atom. The van der Waals surface area contributed by atoms with Gasteiger partial charge in [0.05, 0.1) is 13.1 Å². The molecule has 30 heavy (non-hydrogen) atoms. The van der Waals surface area contributed by atoms with Crippen molar-refractivity contribution >= 4 is 23.2 Å². The molecule has 3 rings (SSSR count). The maximum atomic E-state index is 13.3. The topological polar surface area (TPSA) is 59.1 Å². The number of nitrogens with zero attached hydrogens (tertiary/aromatic N) is 2. The first-order valence-corrected chi connectivity index (χ1v) is 11.2. The summed E-state index contributed by atoms with van der Waals surface area (Å²) in [5.74, 6) is 1.65. The van der Waals surface area contributed by atoms with Gasteiger partial charge in [0.2, 0.25) is 18.6 Å². The zero-order chi connectivity index (χ0) is 21.7. The lowest BCUT2D eigenvalue weighted by molar-refractivity contribution is -0.140. The standard InChI is InChI=1S/C23H30N2O4S/c1-5-16(2)11-24(18(4)26)14-23(27)25(13-22-17(3)8-9-30-22)12-19-6-7-20-21(10-19)29-15-28-20/h6-10,16H,5,11-15H2,1-4H3/t16-/m0/s1. The second kappa shape index (κ2) is 9.98. The highest BCUT2D eigenvalue weighted by atomic mass is 32.1. The summed E-state index contributed by atoms with van der Waals surface area (Å²) in [7, 11) is 0. The zero-order valence-electron chi connectivity index (χ0n) is 18.1. The van der Waals surface area contributed by atoms with Gasteiger partial charge in [-0.15, -0.1) is 11.3 Å². The van der Waals surface area contributed by atoms with Crippen LogP contribution in [0.4, 0.5) is 0 Å². The fourth-order valence-corrected chi connectivity index (χ4v) is 4.23. The fraction of sp³-hybridized carbons (Fsp3) is 0.478. The average molecular weight is 431 g/mol. The monoisotopic (exact) mass is 430 g/mol. The zero-order valence-corrected chi connectivity index (χ0v) is 19.0. The van der Waals surface area contributed by atoms with Gasteiger partial charge < -0.3 is 19.3 Å². The number of amides is 2.